The van der Waals surface area contributed by atoms with E-state index in [0.29, 0.717) is 5.57 Å². The molecule has 0 amide bonds. The van der Waals surface area contributed by atoms with Gasteiger partial charge in [0.2, 0.25) is 0 Å². The van der Waals surface area contributed by atoms with E-state index in [0.717, 1.165) is 19.3 Å². The van der Waals surface area contributed by atoms with Gasteiger partial charge in [0, 0.05) is 18.0 Å². The second-order valence-electron chi connectivity index (χ2n) is 3.45. The van der Waals surface area contributed by atoms with Gasteiger partial charge in [-0.15, -0.1) is 0 Å². The number of carboxylic acid groups (broad SMARTS) is 1. The van der Waals surface area contributed by atoms with E-state index in [2.05, 4.69) is 4.98 Å². The fourth-order valence-electron chi connectivity index (χ4n) is 1.26. The Labute approximate surface area is 89.5 Å². The third kappa shape index (κ3) is 4.40. The summed E-state index contributed by atoms with van der Waals surface area (Å²) in [4.78, 5) is 14.5. The summed E-state index contributed by atoms with van der Waals surface area (Å²) >= 11 is 0. The van der Waals surface area contributed by atoms with Crippen LogP contribution in [0.4, 0.5) is 0 Å². The highest BCUT2D eigenvalue weighted by Crippen LogP contribution is 2.05. The van der Waals surface area contributed by atoms with Gasteiger partial charge >= 0.3 is 5.97 Å². The van der Waals surface area contributed by atoms with Crippen LogP contribution in [0, 0.1) is 0 Å². The van der Waals surface area contributed by atoms with E-state index in [4.69, 9.17) is 5.11 Å². The Kier molecular flexibility index (Phi) is 4.54. The molecule has 0 fully saturated rings. The average molecular weight is 205 g/mol. The molecule has 0 bridgehead atoms. The summed E-state index contributed by atoms with van der Waals surface area (Å²) in [7, 11) is 0. The van der Waals surface area contributed by atoms with Gasteiger partial charge in [-0.1, -0.05) is 12.1 Å². The highest BCUT2D eigenvalue weighted by Gasteiger charge is 1.98. The van der Waals surface area contributed by atoms with Crippen molar-refractivity contribution in [3.05, 3.63) is 41.7 Å². The van der Waals surface area contributed by atoms with E-state index in [9.17, 15) is 4.79 Å². The van der Waals surface area contributed by atoms with Crippen LogP contribution >= 0.6 is 0 Å². The fraction of sp³-hybridized carbons (Fsp3) is 0.333. The maximum atomic E-state index is 10.5. The first-order valence-electron chi connectivity index (χ1n) is 4.99. The Balaban J connectivity index is 2.29. The second-order valence-corrected chi connectivity index (χ2v) is 3.45. The molecule has 0 saturated heterocycles. The zero-order valence-corrected chi connectivity index (χ0v) is 8.81. The van der Waals surface area contributed by atoms with Crippen LogP contribution in [0.2, 0.25) is 0 Å². The van der Waals surface area contributed by atoms with E-state index in [-0.39, 0.29) is 0 Å². The minimum Gasteiger partial charge on any atom is -0.478 e. The SMILES string of the molecule is C/C(=C\CCCc1cccnc1)C(=O)O. The third-order valence-electron chi connectivity index (χ3n) is 2.18. The Morgan fingerprint density at radius 3 is 3.00 bits per heavy atom. The molecule has 15 heavy (non-hydrogen) atoms. The van der Waals surface area contributed by atoms with Gasteiger partial charge < -0.3 is 5.11 Å². The summed E-state index contributed by atoms with van der Waals surface area (Å²) < 4.78 is 0. The number of aromatic nitrogens is 1. The van der Waals surface area contributed by atoms with Crippen molar-refractivity contribution in [3.8, 4) is 0 Å². The van der Waals surface area contributed by atoms with E-state index >= 15 is 0 Å². The first-order chi connectivity index (χ1) is 7.20. The topological polar surface area (TPSA) is 50.2 Å². The van der Waals surface area contributed by atoms with Crippen LogP contribution in [0.5, 0.6) is 0 Å². The van der Waals surface area contributed by atoms with E-state index in [1.54, 1.807) is 19.2 Å². The Morgan fingerprint density at radius 2 is 2.40 bits per heavy atom. The molecule has 0 aliphatic heterocycles. The minimum absolute atomic E-state index is 0.418. The zero-order chi connectivity index (χ0) is 11.1. The van der Waals surface area contributed by atoms with Gasteiger partial charge in [0.05, 0.1) is 0 Å². The number of aryl methyl sites for hydroxylation is 1. The van der Waals surface area contributed by atoms with Crippen molar-refractivity contribution in [2.24, 2.45) is 0 Å². The van der Waals surface area contributed by atoms with E-state index in [1.807, 2.05) is 18.3 Å². The molecular weight excluding hydrogens is 190 g/mol. The number of hydrogen-bond donors (Lipinski definition) is 1. The molecule has 80 valence electrons. The third-order valence-corrected chi connectivity index (χ3v) is 2.18. The average Bonchev–Trinajstić information content (AvgIpc) is 2.25. The van der Waals surface area contributed by atoms with Crippen LogP contribution in [-0.4, -0.2) is 16.1 Å². The van der Waals surface area contributed by atoms with E-state index < -0.39 is 5.97 Å². The molecule has 1 aromatic rings. The minimum atomic E-state index is -0.837. The van der Waals surface area contributed by atoms with Crippen molar-refractivity contribution >= 4 is 5.97 Å². The van der Waals surface area contributed by atoms with Crippen molar-refractivity contribution < 1.29 is 9.90 Å². The maximum Gasteiger partial charge on any atom is 0.330 e. The van der Waals surface area contributed by atoms with Gasteiger partial charge in [0.15, 0.2) is 0 Å². The van der Waals surface area contributed by atoms with Crippen molar-refractivity contribution in [3.63, 3.8) is 0 Å². The number of pyridine rings is 1. The number of carboxylic acids is 1. The van der Waals surface area contributed by atoms with Crippen LogP contribution in [0.15, 0.2) is 36.2 Å². The number of rotatable bonds is 5. The zero-order valence-electron chi connectivity index (χ0n) is 8.81. The molecule has 1 rings (SSSR count). The lowest BCUT2D eigenvalue weighted by atomic mass is 10.1. The molecular formula is C12H15NO2. The van der Waals surface area contributed by atoms with Crippen LogP contribution in [0.25, 0.3) is 0 Å². The molecule has 0 atom stereocenters. The Bertz CT molecular complexity index is 344. The summed E-state index contributed by atoms with van der Waals surface area (Å²) in [6.45, 7) is 1.62. The molecule has 0 radical (unpaired) electrons. The van der Waals surface area contributed by atoms with E-state index in [1.165, 1.54) is 5.56 Å². The van der Waals surface area contributed by atoms with Crippen molar-refractivity contribution in [1.29, 1.82) is 0 Å². The van der Waals surface area contributed by atoms with Crippen molar-refractivity contribution in [2.45, 2.75) is 26.2 Å². The predicted octanol–water partition coefficient (Wildman–Crippen LogP) is 2.44. The highest BCUT2D eigenvalue weighted by molar-refractivity contribution is 5.85. The molecule has 0 aliphatic rings. The normalized spacial score (nSPS) is 11.4. The van der Waals surface area contributed by atoms with Gasteiger partial charge in [-0.05, 0) is 37.8 Å². The Hall–Kier alpha value is -1.64. The number of nitrogens with zero attached hydrogens (tertiary/aromatic N) is 1. The summed E-state index contributed by atoms with van der Waals surface area (Å²) in [6.07, 6.45) is 8.05. The van der Waals surface area contributed by atoms with Gasteiger partial charge in [-0.2, -0.15) is 0 Å². The first-order valence-corrected chi connectivity index (χ1v) is 4.99. The standard InChI is InChI=1S/C12H15NO2/c1-10(12(14)15)5-2-3-6-11-7-4-8-13-9-11/h4-5,7-9H,2-3,6H2,1H3,(H,14,15)/b10-5+. The van der Waals surface area contributed by atoms with Gasteiger partial charge in [-0.25, -0.2) is 4.79 Å². The summed E-state index contributed by atoms with van der Waals surface area (Å²) in [5.74, 6) is -0.837. The number of aliphatic carboxylic acids is 1. The fourth-order valence-corrected chi connectivity index (χ4v) is 1.26. The molecule has 0 unspecified atom stereocenters. The summed E-state index contributed by atoms with van der Waals surface area (Å²) in [6, 6.07) is 3.94. The largest absolute Gasteiger partial charge is 0.478 e. The molecule has 1 aromatic heterocycles. The molecule has 0 saturated carbocycles. The smallest absolute Gasteiger partial charge is 0.330 e. The molecule has 3 nitrogen and oxygen atoms in total. The lowest BCUT2D eigenvalue weighted by Crippen LogP contribution is -1.95. The Morgan fingerprint density at radius 1 is 1.60 bits per heavy atom. The predicted molar refractivity (Wildman–Crippen MR) is 58.6 cm³/mol. The summed E-state index contributed by atoms with van der Waals surface area (Å²) in [5.41, 5.74) is 1.61. The van der Waals surface area contributed by atoms with Crippen LogP contribution in [0.3, 0.4) is 0 Å². The molecule has 0 aromatic carbocycles. The van der Waals surface area contributed by atoms with Gasteiger partial charge in [0.25, 0.3) is 0 Å². The van der Waals surface area contributed by atoms with Crippen molar-refractivity contribution in [2.75, 3.05) is 0 Å². The first kappa shape index (κ1) is 11.4. The lowest BCUT2D eigenvalue weighted by Gasteiger charge is -1.98. The molecule has 3 heteroatoms. The number of carbonyl (C=O) groups is 1. The molecule has 0 aliphatic carbocycles. The molecule has 1 heterocycles. The second kappa shape index (κ2) is 5.96. The van der Waals surface area contributed by atoms with Crippen molar-refractivity contribution in [1.82, 2.24) is 4.98 Å². The summed E-state index contributed by atoms with van der Waals surface area (Å²) in [5, 5.41) is 8.62. The number of hydrogen-bond acceptors (Lipinski definition) is 2. The van der Waals surface area contributed by atoms with Gasteiger partial charge in [0.1, 0.15) is 0 Å². The maximum absolute atomic E-state index is 10.5. The highest BCUT2D eigenvalue weighted by atomic mass is 16.4. The van der Waals surface area contributed by atoms with Crippen LogP contribution < -0.4 is 0 Å². The monoisotopic (exact) mass is 205 g/mol. The van der Waals surface area contributed by atoms with Crippen LogP contribution in [0.1, 0.15) is 25.3 Å². The lowest BCUT2D eigenvalue weighted by molar-refractivity contribution is -0.132. The quantitative estimate of drug-likeness (QED) is 0.593. The van der Waals surface area contributed by atoms with Gasteiger partial charge in [-0.3, -0.25) is 4.98 Å². The number of unbranched alkanes of at least 4 members (excludes halogenated alkanes) is 1. The molecule has 0 spiro atoms. The molecule has 1 N–H and O–H groups in total. The van der Waals surface area contributed by atoms with Crippen LogP contribution in [-0.2, 0) is 11.2 Å². The number of allylic oxidation sites excluding steroid dienone is 1.